The molecule has 1 N–H and O–H groups in total. The number of piperidine rings is 1. The zero-order valence-corrected chi connectivity index (χ0v) is 19.4. The molecule has 4 heterocycles. The van der Waals surface area contributed by atoms with Crippen molar-refractivity contribution in [2.45, 2.75) is 50.4 Å². The van der Waals surface area contributed by atoms with Crippen molar-refractivity contribution in [1.29, 1.82) is 0 Å². The van der Waals surface area contributed by atoms with Crippen molar-refractivity contribution < 1.29 is 27.2 Å². The minimum Gasteiger partial charge on any atom is -0.338 e. The first kappa shape index (κ1) is 24.2. The van der Waals surface area contributed by atoms with Gasteiger partial charge in [0, 0.05) is 62.5 Å². The van der Waals surface area contributed by atoms with Crippen molar-refractivity contribution in [3.05, 3.63) is 48.5 Å². The fourth-order valence-corrected chi connectivity index (χ4v) is 4.74. The minimum absolute atomic E-state index is 0.00164. The molecule has 0 aromatic carbocycles. The number of carbonyl (C=O) groups is 2. The molecule has 3 aromatic heterocycles. The van der Waals surface area contributed by atoms with Crippen LogP contribution in [-0.4, -0.2) is 56.2 Å². The third-order valence-corrected chi connectivity index (χ3v) is 6.91. The Kier molecular flexibility index (Phi) is 6.17. The molecule has 0 bridgehead atoms. The molecule has 5 rings (SSSR count). The fourth-order valence-electron chi connectivity index (χ4n) is 4.74. The van der Waals surface area contributed by atoms with Gasteiger partial charge in [-0.05, 0) is 31.0 Å². The van der Waals surface area contributed by atoms with Gasteiger partial charge in [0.15, 0.2) is 0 Å². The zero-order chi connectivity index (χ0) is 25.5. The quantitative estimate of drug-likeness (QED) is 0.505. The van der Waals surface area contributed by atoms with Crippen molar-refractivity contribution in [1.82, 2.24) is 19.4 Å². The standard InChI is InChI=1S/C25H25F4N5O2/c26-24(27)4-1-16(2-5-24)22(35)32-19-12-20(15-30-14-19)34-8-3-17-11-18(13-31-21(17)34)23(36)33-9-6-25(28,29)7-10-33/h3,8,11-16H,1-2,4-7,9-10H2,(H,32,35). The van der Waals surface area contributed by atoms with Crippen LogP contribution in [0.4, 0.5) is 23.2 Å². The van der Waals surface area contributed by atoms with Gasteiger partial charge in [-0.15, -0.1) is 0 Å². The summed E-state index contributed by atoms with van der Waals surface area (Å²) < 4.78 is 55.4. The molecule has 1 aliphatic heterocycles. The van der Waals surface area contributed by atoms with Crippen molar-refractivity contribution in [2.75, 3.05) is 18.4 Å². The van der Waals surface area contributed by atoms with E-state index in [1.165, 1.54) is 17.3 Å². The summed E-state index contributed by atoms with van der Waals surface area (Å²) in [6.45, 7) is -0.00328. The number of carbonyl (C=O) groups excluding carboxylic acids is 2. The average molecular weight is 504 g/mol. The Hall–Kier alpha value is -3.50. The summed E-state index contributed by atoms with van der Waals surface area (Å²) in [7, 11) is 0. The molecule has 1 saturated carbocycles. The summed E-state index contributed by atoms with van der Waals surface area (Å²) in [4.78, 5) is 35.4. The lowest BCUT2D eigenvalue weighted by Crippen LogP contribution is -2.42. The Balaban J connectivity index is 1.30. The van der Waals surface area contributed by atoms with Crippen LogP contribution in [0, 0.1) is 5.92 Å². The molecule has 0 atom stereocenters. The van der Waals surface area contributed by atoms with Crippen LogP contribution in [0.15, 0.2) is 43.0 Å². The van der Waals surface area contributed by atoms with E-state index in [2.05, 4.69) is 15.3 Å². The third kappa shape index (κ3) is 5.05. The number of amides is 2. The first-order chi connectivity index (χ1) is 17.1. The second-order valence-electron chi connectivity index (χ2n) is 9.52. The van der Waals surface area contributed by atoms with Gasteiger partial charge in [0.05, 0.1) is 29.3 Å². The number of nitrogens with one attached hydrogen (secondary N) is 1. The monoisotopic (exact) mass is 503 g/mol. The van der Waals surface area contributed by atoms with Gasteiger partial charge in [0.1, 0.15) is 5.65 Å². The van der Waals surface area contributed by atoms with Gasteiger partial charge in [-0.2, -0.15) is 0 Å². The highest BCUT2D eigenvalue weighted by molar-refractivity contribution is 5.97. The summed E-state index contributed by atoms with van der Waals surface area (Å²) in [6, 6.07) is 5.15. The molecular formula is C25H25F4N5O2. The van der Waals surface area contributed by atoms with Crippen LogP contribution >= 0.6 is 0 Å². The van der Waals surface area contributed by atoms with Crippen molar-refractivity contribution in [3.63, 3.8) is 0 Å². The lowest BCUT2D eigenvalue weighted by Gasteiger charge is -2.31. The van der Waals surface area contributed by atoms with E-state index in [1.54, 1.807) is 35.2 Å². The number of anilines is 1. The highest BCUT2D eigenvalue weighted by Crippen LogP contribution is 2.36. The molecule has 36 heavy (non-hydrogen) atoms. The average Bonchev–Trinajstić information content (AvgIpc) is 3.27. The maximum atomic E-state index is 13.4. The molecule has 1 saturated heterocycles. The number of aromatic nitrogens is 3. The fraction of sp³-hybridized carbons (Fsp3) is 0.440. The molecule has 0 radical (unpaired) electrons. The number of alkyl halides is 4. The van der Waals surface area contributed by atoms with Gasteiger partial charge >= 0.3 is 0 Å². The van der Waals surface area contributed by atoms with Crippen LogP contribution in [0.1, 0.15) is 48.9 Å². The largest absolute Gasteiger partial charge is 0.338 e. The van der Waals surface area contributed by atoms with Crippen LogP contribution in [0.25, 0.3) is 16.7 Å². The lowest BCUT2D eigenvalue weighted by molar-refractivity contribution is -0.124. The molecule has 2 amide bonds. The molecular weight excluding hydrogens is 478 g/mol. The topological polar surface area (TPSA) is 80.1 Å². The van der Waals surface area contributed by atoms with Gasteiger partial charge in [-0.25, -0.2) is 22.5 Å². The van der Waals surface area contributed by atoms with E-state index in [9.17, 15) is 27.2 Å². The van der Waals surface area contributed by atoms with Gasteiger partial charge in [0.25, 0.3) is 11.8 Å². The van der Waals surface area contributed by atoms with E-state index in [0.717, 1.165) is 0 Å². The highest BCUT2D eigenvalue weighted by atomic mass is 19.3. The molecule has 0 spiro atoms. The first-order valence-electron chi connectivity index (χ1n) is 11.9. The molecule has 1 aliphatic carbocycles. The van der Waals surface area contributed by atoms with E-state index in [1.807, 2.05) is 0 Å². The van der Waals surface area contributed by atoms with Crippen molar-refractivity contribution in [2.24, 2.45) is 5.92 Å². The number of rotatable bonds is 4. The SMILES string of the molecule is O=C(Nc1cncc(-n2ccc3cc(C(=O)N4CCC(F)(F)CC4)cnc32)c1)C1CCC(F)(F)CC1. The van der Waals surface area contributed by atoms with Crippen LogP contribution < -0.4 is 5.32 Å². The number of hydrogen-bond donors (Lipinski definition) is 1. The Morgan fingerprint density at radius 3 is 2.36 bits per heavy atom. The van der Waals surface area contributed by atoms with Crippen LogP contribution in [0.3, 0.4) is 0 Å². The minimum atomic E-state index is -2.73. The number of halogens is 4. The number of fused-ring (bicyclic) bond motifs is 1. The zero-order valence-electron chi connectivity index (χ0n) is 19.4. The number of pyridine rings is 2. The van der Waals surface area contributed by atoms with Gasteiger partial charge in [-0.1, -0.05) is 0 Å². The molecule has 7 nitrogen and oxygen atoms in total. The van der Waals surface area contributed by atoms with E-state index in [4.69, 9.17) is 0 Å². The normalized spacial score (nSPS) is 19.8. The Morgan fingerprint density at radius 2 is 1.64 bits per heavy atom. The van der Waals surface area contributed by atoms with E-state index >= 15 is 0 Å². The van der Waals surface area contributed by atoms with E-state index in [-0.39, 0.29) is 63.4 Å². The van der Waals surface area contributed by atoms with Crippen molar-refractivity contribution in [3.8, 4) is 5.69 Å². The molecule has 2 fully saturated rings. The summed E-state index contributed by atoms with van der Waals surface area (Å²) in [5.41, 5.74) is 1.92. The predicted octanol–water partition coefficient (Wildman–Crippen LogP) is 5.06. The van der Waals surface area contributed by atoms with Crippen LogP contribution in [0.2, 0.25) is 0 Å². The molecule has 2 aliphatic rings. The van der Waals surface area contributed by atoms with E-state index < -0.39 is 17.8 Å². The maximum absolute atomic E-state index is 13.4. The van der Waals surface area contributed by atoms with Crippen LogP contribution in [-0.2, 0) is 4.79 Å². The summed E-state index contributed by atoms with van der Waals surface area (Å²) in [5.74, 6) is -6.54. The van der Waals surface area contributed by atoms with Crippen LogP contribution in [0.5, 0.6) is 0 Å². The Labute approximate surface area is 204 Å². The molecule has 0 unspecified atom stereocenters. The van der Waals surface area contributed by atoms with Gasteiger partial charge < -0.3 is 10.2 Å². The summed E-state index contributed by atoms with van der Waals surface area (Å²) in [6.07, 6.45) is 5.24. The van der Waals surface area contributed by atoms with E-state index in [0.29, 0.717) is 28.0 Å². The number of hydrogen-bond acceptors (Lipinski definition) is 4. The third-order valence-electron chi connectivity index (χ3n) is 6.91. The second kappa shape index (κ2) is 9.18. The Morgan fingerprint density at radius 1 is 0.944 bits per heavy atom. The van der Waals surface area contributed by atoms with Crippen molar-refractivity contribution >= 4 is 28.5 Å². The molecule has 11 heteroatoms. The summed E-state index contributed by atoms with van der Waals surface area (Å²) >= 11 is 0. The van der Waals surface area contributed by atoms with Gasteiger partial charge in [0.2, 0.25) is 11.8 Å². The lowest BCUT2D eigenvalue weighted by atomic mass is 9.86. The first-order valence-corrected chi connectivity index (χ1v) is 11.9. The Bertz CT molecular complexity index is 1290. The maximum Gasteiger partial charge on any atom is 0.255 e. The summed E-state index contributed by atoms with van der Waals surface area (Å²) in [5, 5.41) is 3.45. The number of likely N-dealkylation sites (tertiary alicyclic amines) is 1. The number of nitrogens with zero attached hydrogens (tertiary/aromatic N) is 4. The predicted molar refractivity (Wildman–Crippen MR) is 124 cm³/mol. The highest BCUT2D eigenvalue weighted by Gasteiger charge is 2.38. The molecule has 3 aromatic rings. The smallest absolute Gasteiger partial charge is 0.255 e. The molecule has 190 valence electrons. The second-order valence-corrected chi connectivity index (χ2v) is 9.52. The van der Waals surface area contributed by atoms with Gasteiger partial charge in [-0.3, -0.25) is 19.1 Å².